The average molecular weight is 350 g/mol. The highest BCUT2D eigenvalue weighted by Gasteiger charge is 2.32. The Hall–Kier alpha value is -1.72. The van der Waals surface area contributed by atoms with Gasteiger partial charge in [-0.25, -0.2) is 0 Å². The van der Waals surface area contributed by atoms with E-state index in [1.807, 2.05) is 23.1 Å². The van der Waals surface area contributed by atoms with Gasteiger partial charge in [0.15, 0.2) is 11.5 Å². The number of fused-ring (bicyclic) bond motifs is 1. The van der Waals surface area contributed by atoms with Gasteiger partial charge >= 0.3 is 0 Å². The number of rotatable bonds is 2. The third-order valence-corrected chi connectivity index (χ3v) is 5.47. The van der Waals surface area contributed by atoms with Crippen molar-refractivity contribution in [2.45, 2.75) is 18.9 Å². The van der Waals surface area contributed by atoms with Crippen LogP contribution < -0.4 is 9.47 Å². The highest BCUT2D eigenvalue weighted by atomic mass is 35.5. The second-order valence-electron chi connectivity index (χ2n) is 5.66. The van der Waals surface area contributed by atoms with E-state index in [0.717, 1.165) is 36.4 Å². The lowest BCUT2D eigenvalue weighted by Gasteiger charge is -2.26. The van der Waals surface area contributed by atoms with Crippen molar-refractivity contribution < 1.29 is 14.3 Å². The molecule has 0 aliphatic carbocycles. The number of hydrogen-bond acceptors (Lipinski definition) is 4. The summed E-state index contributed by atoms with van der Waals surface area (Å²) in [4.78, 5) is 15.4. The molecule has 0 saturated carbocycles. The number of benzene rings is 1. The lowest BCUT2D eigenvalue weighted by atomic mass is 10.0. The van der Waals surface area contributed by atoms with E-state index in [2.05, 4.69) is 0 Å². The lowest BCUT2D eigenvalue weighted by molar-refractivity contribution is 0.0740. The fraction of sp³-hybridized carbons (Fsp3) is 0.353. The molecule has 4 nitrogen and oxygen atoms in total. The highest BCUT2D eigenvalue weighted by molar-refractivity contribution is 7.17. The first-order valence-corrected chi connectivity index (χ1v) is 8.88. The SMILES string of the molecule is O=C(c1ccc(Cl)s1)N1CCCC1c1ccc2c(c1)OCCO2. The van der Waals surface area contributed by atoms with Gasteiger partial charge in [0, 0.05) is 6.54 Å². The molecule has 0 N–H and O–H groups in total. The van der Waals surface area contributed by atoms with Crippen LogP contribution in [0.1, 0.15) is 34.1 Å². The monoisotopic (exact) mass is 349 g/mol. The fourth-order valence-corrected chi connectivity index (χ4v) is 4.19. The summed E-state index contributed by atoms with van der Waals surface area (Å²) in [7, 11) is 0. The molecule has 1 unspecified atom stereocenters. The number of amides is 1. The third-order valence-electron chi connectivity index (χ3n) is 4.25. The van der Waals surface area contributed by atoms with E-state index >= 15 is 0 Å². The summed E-state index contributed by atoms with van der Waals surface area (Å²) in [6.07, 6.45) is 1.97. The smallest absolute Gasteiger partial charge is 0.264 e. The summed E-state index contributed by atoms with van der Waals surface area (Å²) in [6, 6.07) is 9.63. The van der Waals surface area contributed by atoms with E-state index in [1.54, 1.807) is 12.1 Å². The number of carbonyl (C=O) groups excluding carboxylic acids is 1. The van der Waals surface area contributed by atoms with Crippen LogP contribution in [0.4, 0.5) is 0 Å². The average Bonchev–Trinajstić information content (AvgIpc) is 3.23. The highest BCUT2D eigenvalue weighted by Crippen LogP contribution is 2.39. The van der Waals surface area contributed by atoms with Crippen LogP contribution in [0.25, 0.3) is 0 Å². The summed E-state index contributed by atoms with van der Waals surface area (Å²) in [5, 5.41) is 0. The first-order valence-electron chi connectivity index (χ1n) is 7.68. The zero-order chi connectivity index (χ0) is 15.8. The Morgan fingerprint density at radius 2 is 2.00 bits per heavy atom. The van der Waals surface area contributed by atoms with Crippen LogP contribution in [0.3, 0.4) is 0 Å². The molecule has 120 valence electrons. The summed E-state index contributed by atoms with van der Waals surface area (Å²) in [5.41, 5.74) is 1.10. The normalized spacial score (nSPS) is 19.9. The number of thiophene rings is 1. The zero-order valence-electron chi connectivity index (χ0n) is 12.5. The van der Waals surface area contributed by atoms with Gasteiger partial charge < -0.3 is 14.4 Å². The van der Waals surface area contributed by atoms with Crippen LogP contribution in [0.5, 0.6) is 11.5 Å². The molecule has 0 radical (unpaired) electrons. The minimum absolute atomic E-state index is 0.0549. The van der Waals surface area contributed by atoms with Gasteiger partial charge in [0.1, 0.15) is 13.2 Å². The molecule has 2 aliphatic heterocycles. The number of likely N-dealkylation sites (tertiary alicyclic amines) is 1. The Morgan fingerprint density at radius 1 is 1.17 bits per heavy atom. The van der Waals surface area contributed by atoms with Crippen molar-refractivity contribution in [3.8, 4) is 11.5 Å². The first-order chi connectivity index (χ1) is 11.2. The van der Waals surface area contributed by atoms with Crippen molar-refractivity contribution >= 4 is 28.8 Å². The Morgan fingerprint density at radius 3 is 2.78 bits per heavy atom. The maximum atomic E-state index is 12.8. The summed E-state index contributed by atoms with van der Waals surface area (Å²) < 4.78 is 11.9. The summed E-state index contributed by atoms with van der Waals surface area (Å²) >= 11 is 7.29. The van der Waals surface area contributed by atoms with E-state index in [0.29, 0.717) is 22.4 Å². The molecule has 0 spiro atoms. The van der Waals surface area contributed by atoms with E-state index in [-0.39, 0.29) is 11.9 Å². The van der Waals surface area contributed by atoms with Crippen molar-refractivity contribution in [2.24, 2.45) is 0 Å². The summed E-state index contributed by atoms with van der Waals surface area (Å²) in [6.45, 7) is 1.92. The van der Waals surface area contributed by atoms with Crippen LogP contribution >= 0.6 is 22.9 Å². The van der Waals surface area contributed by atoms with Gasteiger partial charge in [-0.15, -0.1) is 11.3 Å². The zero-order valence-corrected chi connectivity index (χ0v) is 14.0. The minimum Gasteiger partial charge on any atom is -0.486 e. The van der Waals surface area contributed by atoms with Crippen LogP contribution in [-0.4, -0.2) is 30.6 Å². The van der Waals surface area contributed by atoms with Crippen molar-refractivity contribution in [3.05, 3.63) is 45.1 Å². The van der Waals surface area contributed by atoms with E-state index < -0.39 is 0 Å². The maximum Gasteiger partial charge on any atom is 0.264 e. The minimum atomic E-state index is 0.0549. The predicted molar refractivity (Wildman–Crippen MR) is 89.8 cm³/mol. The van der Waals surface area contributed by atoms with Crippen LogP contribution in [0, 0.1) is 0 Å². The topological polar surface area (TPSA) is 38.8 Å². The second-order valence-corrected chi connectivity index (χ2v) is 7.38. The Labute approximate surface area is 143 Å². The standard InChI is InChI=1S/C17H16ClNO3S/c18-16-6-5-15(23-16)17(20)19-7-1-2-12(19)11-3-4-13-14(10-11)22-9-8-21-13/h3-6,10,12H,1-2,7-9H2. The summed E-state index contributed by atoms with van der Waals surface area (Å²) in [5.74, 6) is 1.60. The van der Waals surface area contributed by atoms with Gasteiger partial charge in [0.05, 0.1) is 15.3 Å². The van der Waals surface area contributed by atoms with E-state index in [9.17, 15) is 4.79 Å². The Bertz CT molecular complexity index is 745. The molecular formula is C17H16ClNO3S. The molecule has 2 aromatic rings. The van der Waals surface area contributed by atoms with Gasteiger partial charge in [0.2, 0.25) is 0 Å². The molecule has 1 aromatic carbocycles. The largest absolute Gasteiger partial charge is 0.486 e. The molecular weight excluding hydrogens is 334 g/mol. The first kappa shape index (κ1) is 14.8. The fourth-order valence-electron chi connectivity index (χ4n) is 3.19. The van der Waals surface area contributed by atoms with Gasteiger partial charge in [0.25, 0.3) is 5.91 Å². The second kappa shape index (κ2) is 6.06. The molecule has 4 rings (SSSR count). The maximum absolute atomic E-state index is 12.8. The quantitative estimate of drug-likeness (QED) is 0.817. The molecule has 2 aliphatic rings. The molecule has 0 bridgehead atoms. The van der Waals surface area contributed by atoms with Crippen molar-refractivity contribution in [1.82, 2.24) is 4.90 Å². The number of ether oxygens (including phenoxy) is 2. The lowest BCUT2D eigenvalue weighted by Crippen LogP contribution is -2.30. The van der Waals surface area contributed by atoms with Gasteiger partial charge in [-0.3, -0.25) is 4.79 Å². The molecule has 1 aromatic heterocycles. The van der Waals surface area contributed by atoms with E-state index in [1.165, 1.54) is 11.3 Å². The molecule has 6 heteroatoms. The van der Waals surface area contributed by atoms with Crippen LogP contribution in [0.15, 0.2) is 30.3 Å². The predicted octanol–water partition coefficient (Wildman–Crippen LogP) is 4.15. The van der Waals surface area contributed by atoms with Crippen LogP contribution in [-0.2, 0) is 0 Å². The number of carbonyl (C=O) groups is 1. The van der Waals surface area contributed by atoms with Crippen molar-refractivity contribution in [2.75, 3.05) is 19.8 Å². The van der Waals surface area contributed by atoms with Gasteiger partial charge in [-0.2, -0.15) is 0 Å². The molecule has 1 atom stereocenters. The third kappa shape index (κ3) is 2.79. The molecule has 1 amide bonds. The Kier molecular flexibility index (Phi) is 3.91. The van der Waals surface area contributed by atoms with Crippen molar-refractivity contribution in [3.63, 3.8) is 0 Å². The van der Waals surface area contributed by atoms with Crippen molar-refractivity contribution in [1.29, 1.82) is 0 Å². The van der Waals surface area contributed by atoms with E-state index in [4.69, 9.17) is 21.1 Å². The van der Waals surface area contributed by atoms with Crippen LogP contribution in [0.2, 0.25) is 4.34 Å². The number of nitrogens with zero attached hydrogens (tertiary/aromatic N) is 1. The Balaban J connectivity index is 1.61. The molecule has 1 saturated heterocycles. The number of hydrogen-bond donors (Lipinski definition) is 0. The molecule has 23 heavy (non-hydrogen) atoms. The molecule has 1 fully saturated rings. The van der Waals surface area contributed by atoms with Gasteiger partial charge in [-0.1, -0.05) is 17.7 Å². The van der Waals surface area contributed by atoms with Gasteiger partial charge in [-0.05, 0) is 42.7 Å². The molecule has 3 heterocycles. The number of halogens is 1.